The first-order valence-electron chi connectivity index (χ1n) is 11.8. The molecule has 0 atom stereocenters. The van der Waals surface area contributed by atoms with Gasteiger partial charge in [0.25, 0.3) is 0 Å². The number of carbonyl (C=O) groups is 2. The molecule has 1 aliphatic carbocycles. The lowest BCUT2D eigenvalue weighted by atomic mass is 9.90. The number of nitrogens with zero attached hydrogens (tertiary/aromatic N) is 2. The number of hydrogen-bond donors (Lipinski definition) is 1. The highest BCUT2D eigenvalue weighted by molar-refractivity contribution is 5.76. The molecule has 7 heteroatoms. The number of nitrogens with one attached hydrogen (secondary N) is 1. The van der Waals surface area contributed by atoms with Crippen molar-refractivity contribution in [1.82, 2.24) is 10.2 Å². The highest BCUT2D eigenvalue weighted by atomic mass is 19.1. The summed E-state index contributed by atoms with van der Waals surface area (Å²) in [6.07, 6.45) is 4.10. The summed E-state index contributed by atoms with van der Waals surface area (Å²) in [7, 11) is 3.50. The van der Waals surface area contributed by atoms with Crippen molar-refractivity contribution in [2.45, 2.75) is 70.7 Å². The third-order valence-electron chi connectivity index (χ3n) is 6.32. The summed E-state index contributed by atoms with van der Waals surface area (Å²) >= 11 is 0. The Morgan fingerprint density at radius 1 is 1.06 bits per heavy atom. The lowest BCUT2D eigenvalue weighted by Gasteiger charge is -2.35. The van der Waals surface area contributed by atoms with Crippen molar-refractivity contribution in [3.8, 4) is 11.1 Å². The molecule has 34 heavy (non-hydrogen) atoms. The van der Waals surface area contributed by atoms with Crippen molar-refractivity contribution in [1.29, 1.82) is 0 Å². The molecule has 184 valence electrons. The highest BCUT2D eigenvalue weighted by Gasteiger charge is 2.29. The van der Waals surface area contributed by atoms with Gasteiger partial charge >= 0.3 is 6.09 Å². The van der Waals surface area contributed by atoms with Crippen molar-refractivity contribution in [3.63, 3.8) is 0 Å². The Labute approximate surface area is 202 Å². The standard InChI is InChI=1S/C27H36FN3O3/c1-27(2,3)34-26(33)31(5)24-13-9-22(10-14-24)29-17-21-16-20(8-15-25(21)28)19-6-11-23(12-7-19)30(4)18-32/h6-8,11-12,15-16,18,22,24,29H,9-10,13-14,17H2,1-5H3. The largest absolute Gasteiger partial charge is 0.444 e. The molecule has 0 aromatic heterocycles. The number of rotatable bonds is 7. The fourth-order valence-corrected chi connectivity index (χ4v) is 4.24. The maximum Gasteiger partial charge on any atom is 0.410 e. The van der Waals surface area contributed by atoms with E-state index in [-0.39, 0.29) is 24.0 Å². The van der Waals surface area contributed by atoms with Crippen LogP contribution in [0.1, 0.15) is 52.0 Å². The molecule has 2 amide bonds. The number of ether oxygens (including phenoxy) is 1. The second kappa shape index (κ2) is 11.0. The minimum Gasteiger partial charge on any atom is -0.444 e. The summed E-state index contributed by atoms with van der Waals surface area (Å²) < 4.78 is 20.0. The Kier molecular flexibility index (Phi) is 8.31. The van der Waals surface area contributed by atoms with Gasteiger partial charge in [0.05, 0.1) is 0 Å². The molecule has 0 aliphatic heterocycles. The zero-order valence-electron chi connectivity index (χ0n) is 20.8. The minimum atomic E-state index is -0.503. The Bertz CT molecular complexity index is 980. The first kappa shape index (κ1) is 25.7. The van der Waals surface area contributed by atoms with Crippen molar-refractivity contribution in [2.24, 2.45) is 0 Å². The van der Waals surface area contributed by atoms with E-state index in [0.717, 1.165) is 48.9 Å². The summed E-state index contributed by atoms with van der Waals surface area (Å²) in [5.41, 5.74) is 2.82. The first-order valence-corrected chi connectivity index (χ1v) is 11.8. The SMILES string of the molecule is CN(C=O)c1ccc(-c2ccc(F)c(CNC3CCC(N(C)C(=O)OC(C)(C)C)CC3)c2)cc1. The fraction of sp³-hybridized carbons (Fsp3) is 0.481. The molecular weight excluding hydrogens is 433 g/mol. The van der Waals surface area contributed by atoms with E-state index in [0.29, 0.717) is 12.1 Å². The van der Waals surface area contributed by atoms with Crippen LogP contribution in [0.4, 0.5) is 14.9 Å². The molecule has 1 aliphatic rings. The molecule has 1 N–H and O–H groups in total. The molecule has 1 fully saturated rings. The average molecular weight is 470 g/mol. The topological polar surface area (TPSA) is 61.9 Å². The second-order valence-corrected chi connectivity index (χ2v) is 10.0. The monoisotopic (exact) mass is 469 g/mol. The smallest absolute Gasteiger partial charge is 0.410 e. The van der Waals surface area contributed by atoms with Crippen LogP contribution in [-0.4, -0.2) is 49.2 Å². The van der Waals surface area contributed by atoms with Gasteiger partial charge in [-0.1, -0.05) is 18.2 Å². The third kappa shape index (κ3) is 6.79. The van der Waals surface area contributed by atoms with E-state index in [1.807, 2.05) is 51.1 Å². The summed E-state index contributed by atoms with van der Waals surface area (Å²) in [5, 5.41) is 3.50. The lowest BCUT2D eigenvalue weighted by molar-refractivity contribution is -0.107. The zero-order chi connectivity index (χ0) is 24.9. The zero-order valence-corrected chi connectivity index (χ0v) is 20.8. The summed E-state index contributed by atoms with van der Waals surface area (Å²) in [6, 6.07) is 13.2. The van der Waals surface area contributed by atoms with E-state index in [1.165, 1.54) is 11.0 Å². The molecular formula is C27H36FN3O3. The molecule has 0 heterocycles. The molecule has 0 spiro atoms. The van der Waals surface area contributed by atoms with Gasteiger partial charge in [-0.25, -0.2) is 9.18 Å². The average Bonchev–Trinajstić information content (AvgIpc) is 2.82. The second-order valence-electron chi connectivity index (χ2n) is 10.0. The summed E-state index contributed by atoms with van der Waals surface area (Å²) in [4.78, 5) is 26.5. The van der Waals surface area contributed by atoms with Crippen LogP contribution in [0.2, 0.25) is 0 Å². The lowest BCUT2D eigenvalue weighted by Crippen LogP contribution is -2.44. The molecule has 0 saturated heterocycles. The van der Waals surface area contributed by atoms with E-state index < -0.39 is 5.60 Å². The first-order chi connectivity index (χ1) is 16.1. The van der Waals surface area contributed by atoms with E-state index in [2.05, 4.69) is 5.32 Å². The number of carbonyl (C=O) groups excluding carboxylic acids is 2. The molecule has 6 nitrogen and oxygen atoms in total. The van der Waals surface area contributed by atoms with Gasteiger partial charge in [-0.3, -0.25) is 4.79 Å². The van der Waals surface area contributed by atoms with Crippen LogP contribution < -0.4 is 10.2 Å². The van der Waals surface area contributed by atoms with Gasteiger partial charge in [0.2, 0.25) is 6.41 Å². The maximum absolute atomic E-state index is 14.5. The van der Waals surface area contributed by atoms with Gasteiger partial charge in [0.1, 0.15) is 11.4 Å². The van der Waals surface area contributed by atoms with E-state index in [9.17, 15) is 14.0 Å². The van der Waals surface area contributed by atoms with Crippen LogP contribution >= 0.6 is 0 Å². The van der Waals surface area contributed by atoms with E-state index in [4.69, 9.17) is 4.74 Å². The van der Waals surface area contributed by atoms with Gasteiger partial charge in [0.15, 0.2) is 0 Å². The van der Waals surface area contributed by atoms with Crippen LogP contribution in [0.5, 0.6) is 0 Å². The van der Waals surface area contributed by atoms with Gasteiger partial charge in [0, 0.05) is 44.0 Å². The number of halogens is 1. The van der Waals surface area contributed by atoms with Gasteiger partial charge in [-0.2, -0.15) is 0 Å². The van der Waals surface area contributed by atoms with Crippen LogP contribution in [0.3, 0.4) is 0 Å². The van der Waals surface area contributed by atoms with Gasteiger partial charge in [-0.05, 0) is 81.8 Å². The van der Waals surface area contributed by atoms with Crippen molar-refractivity contribution >= 4 is 18.2 Å². The molecule has 2 aromatic rings. The quantitative estimate of drug-likeness (QED) is 0.555. The number of amides is 2. The minimum absolute atomic E-state index is 0.161. The molecule has 0 bridgehead atoms. The van der Waals surface area contributed by atoms with Crippen molar-refractivity contribution in [2.75, 3.05) is 19.0 Å². The fourth-order valence-electron chi connectivity index (χ4n) is 4.24. The predicted octanol–water partition coefficient (Wildman–Crippen LogP) is 5.35. The van der Waals surface area contributed by atoms with Crippen molar-refractivity contribution < 1.29 is 18.7 Å². The Morgan fingerprint density at radius 3 is 2.26 bits per heavy atom. The van der Waals surface area contributed by atoms with Crippen LogP contribution in [-0.2, 0) is 16.1 Å². The normalized spacial score (nSPS) is 18.3. The molecule has 0 unspecified atom stereocenters. The summed E-state index contributed by atoms with van der Waals surface area (Å²) in [5.74, 6) is -0.230. The highest BCUT2D eigenvalue weighted by Crippen LogP contribution is 2.27. The number of anilines is 1. The Hall–Kier alpha value is -2.93. The van der Waals surface area contributed by atoms with Crippen LogP contribution in [0.25, 0.3) is 11.1 Å². The van der Waals surface area contributed by atoms with E-state index >= 15 is 0 Å². The van der Waals surface area contributed by atoms with E-state index in [1.54, 1.807) is 25.1 Å². The number of hydrogen-bond acceptors (Lipinski definition) is 4. The molecule has 3 rings (SSSR count). The molecule has 0 radical (unpaired) electrons. The predicted molar refractivity (Wildman–Crippen MR) is 133 cm³/mol. The number of benzene rings is 2. The molecule has 1 saturated carbocycles. The maximum atomic E-state index is 14.5. The van der Waals surface area contributed by atoms with Crippen LogP contribution in [0, 0.1) is 5.82 Å². The molecule has 2 aromatic carbocycles. The Morgan fingerprint density at radius 2 is 1.68 bits per heavy atom. The van der Waals surface area contributed by atoms with Gasteiger partial charge < -0.3 is 19.9 Å². The van der Waals surface area contributed by atoms with Crippen LogP contribution in [0.15, 0.2) is 42.5 Å². The Balaban J connectivity index is 1.55. The third-order valence-corrected chi connectivity index (χ3v) is 6.32. The summed E-state index contributed by atoms with van der Waals surface area (Å²) in [6.45, 7) is 6.06. The van der Waals surface area contributed by atoms with Gasteiger partial charge in [-0.15, -0.1) is 0 Å². The van der Waals surface area contributed by atoms with Crippen molar-refractivity contribution in [3.05, 3.63) is 53.8 Å².